The van der Waals surface area contributed by atoms with Gasteiger partial charge in [0, 0.05) is 25.1 Å². The highest BCUT2D eigenvalue weighted by Gasteiger charge is 2.28. The minimum atomic E-state index is -0.109. The average Bonchev–Trinajstić information content (AvgIpc) is 3.30. The second-order valence-electron chi connectivity index (χ2n) is 6.83. The Hall–Kier alpha value is -3.19. The molecule has 7 heteroatoms. The van der Waals surface area contributed by atoms with E-state index >= 15 is 0 Å². The van der Waals surface area contributed by atoms with Crippen LogP contribution in [0.15, 0.2) is 66.2 Å². The van der Waals surface area contributed by atoms with Crippen LogP contribution in [0.5, 0.6) is 11.6 Å². The van der Waals surface area contributed by atoms with Gasteiger partial charge in [-0.2, -0.15) is 0 Å². The van der Waals surface area contributed by atoms with Crippen molar-refractivity contribution in [1.82, 2.24) is 9.88 Å². The molecule has 0 atom stereocenters. The summed E-state index contributed by atoms with van der Waals surface area (Å²) in [6.45, 7) is 1.19. The van der Waals surface area contributed by atoms with Gasteiger partial charge in [-0.1, -0.05) is 24.3 Å². The highest BCUT2D eigenvalue weighted by Crippen LogP contribution is 2.23. The molecule has 1 aromatic carbocycles. The SMILES string of the molecule is O=C(Nc1ccc(Oc2ccccc2)nc1)C1CCN(C(=O)c2cccs2)CC1. The first-order valence-electron chi connectivity index (χ1n) is 9.51. The summed E-state index contributed by atoms with van der Waals surface area (Å²) in [4.78, 5) is 31.8. The Bertz CT molecular complexity index is 951. The van der Waals surface area contributed by atoms with E-state index in [1.165, 1.54) is 11.3 Å². The quantitative estimate of drug-likeness (QED) is 0.679. The summed E-state index contributed by atoms with van der Waals surface area (Å²) >= 11 is 1.45. The minimum absolute atomic E-state index is 0.0354. The number of likely N-dealkylation sites (tertiary alicyclic amines) is 1. The maximum atomic E-state index is 12.6. The second-order valence-corrected chi connectivity index (χ2v) is 7.78. The van der Waals surface area contributed by atoms with E-state index in [1.54, 1.807) is 18.3 Å². The standard InChI is InChI=1S/C22H21N3O3S/c26-21(16-10-12-25(13-11-16)22(27)19-7-4-14-29-19)24-17-8-9-20(23-15-17)28-18-5-2-1-3-6-18/h1-9,14-16H,10-13H2,(H,24,26). The van der Waals surface area contributed by atoms with Crippen LogP contribution in [-0.2, 0) is 4.79 Å². The third-order valence-corrected chi connectivity index (χ3v) is 5.71. The molecule has 29 heavy (non-hydrogen) atoms. The van der Waals surface area contributed by atoms with Gasteiger partial charge in [0.1, 0.15) is 5.75 Å². The first kappa shape index (κ1) is 19.1. The van der Waals surface area contributed by atoms with Crippen LogP contribution in [0.3, 0.4) is 0 Å². The van der Waals surface area contributed by atoms with Crippen LogP contribution in [0.25, 0.3) is 0 Å². The van der Waals surface area contributed by atoms with Crippen molar-refractivity contribution >= 4 is 28.8 Å². The number of ether oxygens (including phenoxy) is 1. The number of hydrogen-bond donors (Lipinski definition) is 1. The molecular weight excluding hydrogens is 386 g/mol. The van der Waals surface area contributed by atoms with Crippen molar-refractivity contribution in [3.63, 3.8) is 0 Å². The fraction of sp³-hybridized carbons (Fsp3) is 0.227. The lowest BCUT2D eigenvalue weighted by atomic mass is 9.95. The van der Waals surface area contributed by atoms with E-state index in [4.69, 9.17) is 4.74 Å². The fourth-order valence-electron chi connectivity index (χ4n) is 3.27. The summed E-state index contributed by atoms with van der Waals surface area (Å²) in [7, 11) is 0. The van der Waals surface area contributed by atoms with Crippen molar-refractivity contribution < 1.29 is 14.3 Å². The lowest BCUT2D eigenvalue weighted by Gasteiger charge is -2.31. The van der Waals surface area contributed by atoms with Crippen LogP contribution < -0.4 is 10.1 Å². The van der Waals surface area contributed by atoms with Gasteiger partial charge in [0.05, 0.1) is 16.8 Å². The Labute approximate surface area is 173 Å². The van der Waals surface area contributed by atoms with Crippen LogP contribution in [0, 0.1) is 5.92 Å². The molecule has 0 bridgehead atoms. The van der Waals surface area contributed by atoms with Gasteiger partial charge >= 0.3 is 0 Å². The van der Waals surface area contributed by atoms with E-state index in [0.29, 0.717) is 43.2 Å². The molecule has 1 aliphatic heterocycles. The first-order chi connectivity index (χ1) is 14.2. The van der Waals surface area contributed by atoms with Gasteiger partial charge in [-0.05, 0) is 42.5 Å². The number of rotatable bonds is 5. The molecule has 4 rings (SSSR count). The molecule has 2 amide bonds. The predicted molar refractivity (Wildman–Crippen MR) is 112 cm³/mol. The fourth-order valence-corrected chi connectivity index (χ4v) is 3.96. The Balaban J connectivity index is 1.28. The van der Waals surface area contributed by atoms with Gasteiger partial charge in [-0.3, -0.25) is 9.59 Å². The molecule has 2 aromatic heterocycles. The van der Waals surface area contributed by atoms with E-state index in [-0.39, 0.29) is 17.7 Å². The van der Waals surface area contributed by atoms with Gasteiger partial charge in [0.25, 0.3) is 5.91 Å². The van der Waals surface area contributed by atoms with E-state index in [2.05, 4.69) is 10.3 Å². The molecule has 148 valence electrons. The predicted octanol–water partition coefficient (Wildman–Crippen LogP) is 4.43. The second kappa shape index (κ2) is 8.87. The maximum absolute atomic E-state index is 12.6. The zero-order valence-corrected chi connectivity index (χ0v) is 16.6. The molecule has 1 saturated heterocycles. The number of pyridine rings is 1. The smallest absolute Gasteiger partial charge is 0.263 e. The number of benzene rings is 1. The Kier molecular flexibility index (Phi) is 5.86. The topological polar surface area (TPSA) is 71.5 Å². The van der Waals surface area contributed by atoms with Crippen molar-refractivity contribution in [2.75, 3.05) is 18.4 Å². The molecule has 1 N–H and O–H groups in total. The zero-order chi connectivity index (χ0) is 20.1. The first-order valence-corrected chi connectivity index (χ1v) is 10.4. The largest absolute Gasteiger partial charge is 0.439 e. The van der Waals surface area contributed by atoms with Crippen molar-refractivity contribution in [2.45, 2.75) is 12.8 Å². The Morgan fingerprint density at radius 2 is 1.83 bits per heavy atom. The number of amides is 2. The third kappa shape index (κ3) is 4.81. The van der Waals surface area contributed by atoms with Gasteiger partial charge in [-0.15, -0.1) is 11.3 Å². The highest BCUT2D eigenvalue weighted by molar-refractivity contribution is 7.12. The zero-order valence-electron chi connectivity index (χ0n) is 15.8. The summed E-state index contributed by atoms with van der Waals surface area (Å²) in [5.41, 5.74) is 0.632. The van der Waals surface area contributed by atoms with E-state index in [9.17, 15) is 9.59 Å². The molecule has 1 fully saturated rings. The summed E-state index contributed by atoms with van der Waals surface area (Å²) in [6, 6.07) is 16.6. The van der Waals surface area contributed by atoms with Crippen LogP contribution in [0.2, 0.25) is 0 Å². The van der Waals surface area contributed by atoms with Crippen molar-refractivity contribution in [1.29, 1.82) is 0 Å². The van der Waals surface area contributed by atoms with E-state index in [1.807, 2.05) is 52.7 Å². The number of carbonyl (C=O) groups excluding carboxylic acids is 2. The molecule has 0 aliphatic carbocycles. The van der Waals surface area contributed by atoms with Gasteiger partial charge in [-0.25, -0.2) is 4.98 Å². The number of aromatic nitrogens is 1. The molecule has 1 aliphatic rings. The lowest BCUT2D eigenvalue weighted by Crippen LogP contribution is -2.41. The van der Waals surface area contributed by atoms with Gasteiger partial charge in [0.2, 0.25) is 11.8 Å². The monoisotopic (exact) mass is 407 g/mol. The number of carbonyl (C=O) groups is 2. The number of hydrogen-bond acceptors (Lipinski definition) is 5. The number of anilines is 1. The maximum Gasteiger partial charge on any atom is 0.263 e. The minimum Gasteiger partial charge on any atom is -0.439 e. The van der Waals surface area contributed by atoms with Gasteiger partial charge < -0.3 is 15.0 Å². The third-order valence-electron chi connectivity index (χ3n) is 4.85. The number of thiophene rings is 1. The van der Waals surface area contributed by atoms with Crippen LogP contribution >= 0.6 is 11.3 Å². The number of nitrogens with zero attached hydrogens (tertiary/aromatic N) is 2. The molecule has 0 saturated carbocycles. The van der Waals surface area contributed by atoms with Crippen LogP contribution in [-0.4, -0.2) is 34.8 Å². The van der Waals surface area contributed by atoms with Crippen LogP contribution in [0.1, 0.15) is 22.5 Å². The van der Waals surface area contributed by atoms with Crippen molar-refractivity contribution in [2.24, 2.45) is 5.92 Å². The molecular formula is C22H21N3O3S. The van der Waals surface area contributed by atoms with Crippen molar-refractivity contribution in [3.8, 4) is 11.6 Å². The summed E-state index contributed by atoms with van der Waals surface area (Å²) in [5, 5.41) is 4.82. The number of nitrogens with one attached hydrogen (secondary N) is 1. The molecule has 0 unspecified atom stereocenters. The van der Waals surface area contributed by atoms with E-state index < -0.39 is 0 Å². The normalized spacial score (nSPS) is 14.4. The molecule has 3 aromatic rings. The number of piperidine rings is 1. The van der Waals surface area contributed by atoms with Gasteiger partial charge in [0.15, 0.2) is 0 Å². The van der Waals surface area contributed by atoms with Crippen molar-refractivity contribution in [3.05, 3.63) is 71.1 Å². The Morgan fingerprint density at radius 3 is 2.48 bits per heavy atom. The number of para-hydroxylation sites is 1. The average molecular weight is 407 g/mol. The Morgan fingerprint density at radius 1 is 1.03 bits per heavy atom. The summed E-state index contributed by atoms with van der Waals surface area (Å²) in [6.07, 6.45) is 2.91. The summed E-state index contributed by atoms with van der Waals surface area (Å²) < 4.78 is 5.66. The van der Waals surface area contributed by atoms with E-state index in [0.717, 1.165) is 4.88 Å². The highest BCUT2D eigenvalue weighted by atomic mass is 32.1. The molecule has 3 heterocycles. The molecule has 6 nitrogen and oxygen atoms in total. The lowest BCUT2D eigenvalue weighted by molar-refractivity contribution is -0.121. The molecule has 0 spiro atoms. The molecule has 0 radical (unpaired) electrons. The van der Waals surface area contributed by atoms with Crippen LogP contribution in [0.4, 0.5) is 5.69 Å². The summed E-state index contributed by atoms with van der Waals surface area (Å²) in [5.74, 6) is 1.08.